The van der Waals surface area contributed by atoms with Crippen molar-refractivity contribution < 1.29 is 19.1 Å². The van der Waals surface area contributed by atoms with Crippen molar-refractivity contribution in [3.05, 3.63) is 22.5 Å². The van der Waals surface area contributed by atoms with Crippen LogP contribution in [0.5, 0.6) is 0 Å². The van der Waals surface area contributed by atoms with E-state index in [9.17, 15) is 14.4 Å². The monoisotopic (exact) mass is 403 g/mol. The van der Waals surface area contributed by atoms with Crippen LogP contribution >= 0.6 is 0 Å². The van der Waals surface area contributed by atoms with Crippen molar-refractivity contribution in [2.75, 3.05) is 32.8 Å². The lowest BCUT2D eigenvalue weighted by Crippen LogP contribution is -2.44. The van der Waals surface area contributed by atoms with Gasteiger partial charge in [0.2, 0.25) is 0 Å². The topological polar surface area (TPSA) is 82.7 Å². The minimum Gasteiger partial charge on any atom is -0.466 e. The summed E-state index contributed by atoms with van der Waals surface area (Å²) in [5.74, 6) is -0.302. The lowest BCUT2D eigenvalue weighted by atomic mass is 9.93. The van der Waals surface area contributed by atoms with Gasteiger partial charge in [0.25, 0.3) is 5.91 Å². The third-order valence-corrected chi connectivity index (χ3v) is 6.17. The second-order valence-corrected chi connectivity index (χ2v) is 7.99. The summed E-state index contributed by atoms with van der Waals surface area (Å²) in [4.78, 5) is 45.1. The van der Waals surface area contributed by atoms with E-state index in [1.165, 1.54) is 0 Å². The Hall–Kier alpha value is -2.15. The predicted octanol–water partition coefficient (Wildman–Crippen LogP) is 2.72. The van der Waals surface area contributed by atoms with E-state index in [-0.39, 0.29) is 24.1 Å². The molecular formula is C22H33N3O4. The van der Waals surface area contributed by atoms with Crippen LogP contribution in [0.1, 0.15) is 78.1 Å². The molecule has 0 aromatic carbocycles. The fourth-order valence-corrected chi connectivity index (χ4v) is 4.65. The second kappa shape index (κ2) is 9.57. The third-order valence-electron chi connectivity index (χ3n) is 6.17. The van der Waals surface area contributed by atoms with E-state index in [4.69, 9.17) is 4.74 Å². The van der Waals surface area contributed by atoms with Crippen molar-refractivity contribution in [2.45, 2.75) is 65.3 Å². The maximum Gasteiger partial charge on any atom is 0.307 e. The summed E-state index contributed by atoms with van der Waals surface area (Å²) in [6.45, 7) is 9.01. The summed E-state index contributed by atoms with van der Waals surface area (Å²) >= 11 is 0. The molecule has 0 radical (unpaired) electrons. The van der Waals surface area contributed by atoms with Gasteiger partial charge in [-0.15, -0.1) is 0 Å². The van der Waals surface area contributed by atoms with Crippen molar-refractivity contribution in [3.8, 4) is 0 Å². The van der Waals surface area contributed by atoms with E-state index in [1.807, 2.05) is 6.92 Å². The molecule has 1 aromatic rings. The molecule has 0 spiro atoms. The molecule has 2 heterocycles. The van der Waals surface area contributed by atoms with Crippen molar-refractivity contribution in [1.29, 1.82) is 0 Å². The third kappa shape index (κ3) is 4.71. The minimum atomic E-state index is -0.290. The Balaban J connectivity index is 1.81. The van der Waals surface area contributed by atoms with Crippen LogP contribution in [0.15, 0.2) is 0 Å². The number of carbonyl (C=O) groups is 3. The first-order valence-corrected chi connectivity index (χ1v) is 10.9. The second-order valence-electron chi connectivity index (χ2n) is 7.99. The zero-order valence-electron chi connectivity index (χ0n) is 17.9. The van der Waals surface area contributed by atoms with Gasteiger partial charge in [0.15, 0.2) is 5.78 Å². The van der Waals surface area contributed by atoms with Crippen LogP contribution in [0.2, 0.25) is 0 Å². The van der Waals surface area contributed by atoms with Gasteiger partial charge in [-0.3, -0.25) is 19.3 Å². The SMILES string of the molecule is CCOC(=O)CCN(C[C@H]1CCCN1CC)C(=O)c1[nH]c2c(c1C)C(=O)CCC2. The average molecular weight is 404 g/mol. The summed E-state index contributed by atoms with van der Waals surface area (Å²) in [5.41, 5.74) is 2.81. The number of fused-ring (bicyclic) bond motifs is 1. The number of hydrogen-bond donors (Lipinski definition) is 1. The van der Waals surface area contributed by atoms with Gasteiger partial charge in [-0.2, -0.15) is 0 Å². The molecule has 160 valence electrons. The Labute approximate surface area is 172 Å². The summed E-state index contributed by atoms with van der Waals surface area (Å²) in [6.07, 6.45) is 4.51. The van der Waals surface area contributed by atoms with Gasteiger partial charge >= 0.3 is 5.97 Å². The quantitative estimate of drug-likeness (QED) is 0.675. The van der Waals surface area contributed by atoms with E-state index < -0.39 is 0 Å². The highest BCUT2D eigenvalue weighted by atomic mass is 16.5. The Bertz CT molecular complexity index is 770. The van der Waals surface area contributed by atoms with Crippen molar-refractivity contribution in [3.63, 3.8) is 0 Å². The van der Waals surface area contributed by atoms with Crippen LogP contribution in [0, 0.1) is 6.92 Å². The number of ether oxygens (including phenoxy) is 1. The first kappa shape index (κ1) is 21.6. The van der Waals surface area contributed by atoms with Crippen molar-refractivity contribution in [2.24, 2.45) is 0 Å². The number of Topliss-reactive ketones (excluding diaryl/α,β-unsaturated/α-hetero) is 1. The maximum atomic E-state index is 13.5. The fraction of sp³-hybridized carbons (Fsp3) is 0.682. The molecular weight excluding hydrogens is 370 g/mol. The molecule has 1 aliphatic heterocycles. The number of rotatable bonds is 8. The van der Waals surface area contributed by atoms with Crippen LogP contribution in [-0.2, 0) is 16.0 Å². The van der Waals surface area contributed by atoms with Crippen molar-refractivity contribution >= 4 is 17.7 Å². The summed E-state index contributed by atoms with van der Waals surface area (Å²) in [5, 5.41) is 0. The lowest BCUT2D eigenvalue weighted by Gasteiger charge is -2.30. The Morgan fingerprint density at radius 3 is 2.72 bits per heavy atom. The highest BCUT2D eigenvalue weighted by Crippen LogP contribution is 2.28. The van der Waals surface area contributed by atoms with Crippen LogP contribution in [0.3, 0.4) is 0 Å². The number of aryl methyl sites for hydroxylation is 1. The number of esters is 1. The molecule has 2 aliphatic rings. The van der Waals surface area contributed by atoms with Gasteiger partial charge in [-0.25, -0.2) is 0 Å². The number of likely N-dealkylation sites (N-methyl/N-ethyl adjacent to an activating group) is 1. The highest BCUT2D eigenvalue weighted by molar-refractivity contribution is 6.04. The van der Waals surface area contributed by atoms with Gasteiger partial charge < -0.3 is 14.6 Å². The number of aromatic amines is 1. The molecule has 3 rings (SSSR count). The summed E-state index contributed by atoms with van der Waals surface area (Å²) in [7, 11) is 0. The van der Waals surface area contributed by atoms with E-state index >= 15 is 0 Å². The standard InChI is InChI=1S/C22H33N3O4/c1-4-24-12-7-8-16(24)14-25(13-11-19(27)29-5-2)22(28)21-15(3)20-17(23-21)9-6-10-18(20)26/h16,23H,4-14H2,1-3H3/t16-/m1/s1. The van der Waals surface area contributed by atoms with Gasteiger partial charge in [0.05, 0.1) is 13.0 Å². The predicted molar refractivity (Wildman–Crippen MR) is 110 cm³/mol. The Morgan fingerprint density at radius 2 is 2.03 bits per heavy atom. The van der Waals surface area contributed by atoms with Crippen LogP contribution in [0.25, 0.3) is 0 Å². The number of nitrogens with zero attached hydrogens (tertiary/aromatic N) is 2. The van der Waals surface area contributed by atoms with Gasteiger partial charge in [0, 0.05) is 36.8 Å². The molecule has 0 saturated carbocycles. The first-order chi connectivity index (χ1) is 14.0. The summed E-state index contributed by atoms with van der Waals surface area (Å²) in [6, 6.07) is 0.303. The number of hydrogen-bond acceptors (Lipinski definition) is 5. The van der Waals surface area contributed by atoms with Gasteiger partial charge in [0.1, 0.15) is 5.69 Å². The number of aromatic nitrogens is 1. The number of carbonyl (C=O) groups excluding carboxylic acids is 3. The van der Waals surface area contributed by atoms with Crippen LogP contribution < -0.4 is 0 Å². The van der Waals surface area contributed by atoms with E-state index in [0.29, 0.717) is 43.4 Å². The van der Waals surface area contributed by atoms with Crippen LogP contribution in [-0.4, -0.2) is 71.3 Å². The molecule has 1 amide bonds. The molecule has 0 unspecified atom stereocenters. The minimum absolute atomic E-state index is 0.116. The molecule has 1 aromatic heterocycles. The molecule has 7 nitrogen and oxygen atoms in total. The van der Waals surface area contributed by atoms with Gasteiger partial charge in [-0.05, 0) is 58.2 Å². The molecule has 1 saturated heterocycles. The highest BCUT2D eigenvalue weighted by Gasteiger charge is 2.31. The smallest absolute Gasteiger partial charge is 0.307 e. The zero-order chi connectivity index (χ0) is 21.0. The van der Waals surface area contributed by atoms with E-state index in [1.54, 1.807) is 11.8 Å². The average Bonchev–Trinajstić information content (AvgIpc) is 3.29. The zero-order valence-corrected chi connectivity index (χ0v) is 17.9. The number of nitrogens with one attached hydrogen (secondary N) is 1. The van der Waals surface area contributed by atoms with E-state index in [0.717, 1.165) is 50.0 Å². The first-order valence-electron chi connectivity index (χ1n) is 10.9. The lowest BCUT2D eigenvalue weighted by molar-refractivity contribution is -0.143. The molecule has 29 heavy (non-hydrogen) atoms. The maximum absolute atomic E-state index is 13.5. The number of ketones is 1. The van der Waals surface area contributed by atoms with Crippen LogP contribution in [0.4, 0.5) is 0 Å². The van der Waals surface area contributed by atoms with E-state index in [2.05, 4.69) is 16.8 Å². The van der Waals surface area contributed by atoms with Crippen molar-refractivity contribution in [1.82, 2.24) is 14.8 Å². The molecule has 1 aliphatic carbocycles. The molecule has 0 bridgehead atoms. The normalized spacial score (nSPS) is 19.3. The molecule has 1 N–H and O–H groups in total. The van der Waals surface area contributed by atoms with Gasteiger partial charge in [-0.1, -0.05) is 6.92 Å². The Morgan fingerprint density at radius 1 is 1.24 bits per heavy atom. The number of H-pyrrole nitrogens is 1. The number of amides is 1. The Kier molecular flexibility index (Phi) is 7.11. The number of likely N-dealkylation sites (tertiary alicyclic amines) is 1. The molecule has 1 atom stereocenters. The largest absolute Gasteiger partial charge is 0.466 e. The summed E-state index contributed by atoms with van der Waals surface area (Å²) < 4.78 is 5.05. The fourth-order valence-electron chi connectivity index (χ4n) is 4.65. The molecule has 7 heteroatoms. The molecule has 1 fully saturated rings.